The molecule has 3 rings (SSSR count). The van der Waals surface area contributed by atoms with E-state index >= 15 is 0 Å². The number of nitrogens with zero attached hydrogens (tertiary/aromatic N) is 4. The fourth-order valence-corrected chi connectivity index (χ4v) is 4.60. The van der Waals surface area contributed by atoms with Crippen molar-refractivity contribution < 1.29 is 18.3 Å². The molecule has 3 aromatic rings. The van der Waals surface area contributed by atoms with E-state index in [0.717, 1.165) is 0 Å². The second kappa shape index (κ2) is 10.8. The number of anilines is 1. The molecule has 11 heteroatoms. The standard InChI is InChI=1S/C25H32N6O4S/c1-16(25(2,3)4)28-24(32)23-22(30-36(33,34)18-11-9-17(14-26)10-12-18)21(29-31(23)5)19-8-7-13-27-20(19)15-35-6/h7-13,16,24,28,30,32H,15H2,1-6H3/t16-,24?/m0/s1. The number of methoxy groups -OCH3 is 1. The topological polar surface area (TPSA) is 142 Å². The van der Waals surface area contributed by atoms with Gasteiger partial charge in [0.15, 0.2) is 0 Å². The molecule has 0 spiro atoms. The third-order valence-electron chi connectivity index (χ3n) is 6.01. The van der Waals surface area contributed by atoms with Gasteiger partial charge in [-0.25, -0.2) is 8.42 Å². The molecule has 0 saturated carbocycles. The van der Waals surface area contributed by atoms with E-state index in [2.05, 4.69) is 20.1 Å². The fraction of sp³-hybridized carbons (Fsp3) is 0.400. The first kappa shape index (κ1) is 27.3. The molecule has 0 amide bonds. The molecule has 0 radical (unpaired) electrons. The maximum absolute atomic E-state index is 13.4. The molecule has 2 aromatic heterocycles. The van der Waals surface area contributed by atoms with E-state index in [-0.39, 0.29) is 34.3 Å². The van der Waals surface area contributed by atoms with Crippen molar-refractivity contribution in [2.75, 3.05) is 11.8 Å². The average molecular weight is 513 g/mol. The van der Waals surface area contributed by atoms with Crippen molar-refractivity contribution in [2.24, 2.45) is 12.5 Å². The minimum Gasteiger partial charge on any atom is -0.378 e. The van der Waals surface area contributed by atoms with Gasteiger partial charge in [-0.15, -0.1) is 0 Å². The van der Waals surface area contributed by atoms with Crippen molar-refractivity contribution in [2.45, 2.75) is 51.5 Å². The van der Waals surface area contributed by atoms with E-state index in [1.54, 1.807) is 32.5 Å². The van der Waals surface area contributed by atoms with E-state index in [1.807, 2.05) is 33.8 Å². The Morgan fingerprint density at radius 3 is 2.47 bits per heavy atom. The Bertz CT molecular complexity index is 1350. The molecule has 0 saturated heterocycles. The molecular formula is C25H32N6O4S. The lowest BCUT2D eigenvalue weighted by atomic mass is 9.88. The van der Waals surface area contributed by atoms with Crippen molar-refractivity contribution in [3.05, 3.63) is 59.5 Å². The molecule has 0 aliphatic carbocycles. The van der Waals surface area contributed by atoms with Crippen LogP contribution in [0.1, 0.15) is 50.9 Å². The molecule has 3 N–H and O–H groups in total. The van der Waals surface area contributed by atoms with Crippen molar-refractivity contribution in [1.29, 1.82) is 5.26 Å². The molecule has 0 aliphatic rings. The molecule has 2 atom stereocenters. The lowest BCUT2D eigenvalue weighted by Crippen LogP contribution is -2.40. The molecular weight excluding hydrogens is 480 g/mol. The van der Waals surface area contributed by atoms with Crippen molar-refractivity contribution in [1.82, 2.24) is 20.1 Å². The lowest BCUT2D eigenvalue weighted by Gasteiger charge is -2.30. The maximum atomic E-state index is 13.4. The summed E-state index contributed by atoms with van der Waals surface area (Å²) >= 11 is 0. The summed E-state index contributed by atoms with van der Waals surface area (Å²) in [4.78, 5) is 4.33. The van der Waals surface area contributed by atoms with Gasteiger partial charge in [-0.3, -0.25) is 19.7 Å². The highest BCUT2D eigenvalue weighted by Gasteiger charge is 2.31. The number of sulfonamides is 1. The van der Waals surface area contributed by atoms with Crippen molar-refractivity contribution in [3.63, 3.8) is 0 Å². The monoisotopic (exact) mass is 512 g/mol. The summed E-state index contributed by atoms with van der Waals surface area (Å²) < 4.78 is 36.1. The normalized spacial score (nSPS) is 13.7. The number of aromatic nitrogens is 3. The van der Waals surface area contributed by atoms with Crippen LogP contribution < -0.4 is 10.0 Å². The molecule has 0 fully saturated rings. The highest BCUT2D eigenvalue weighted by Crippen LogP contribution is 2.36. The van der Waals surface area contributed by atoms with E-state index in [4.69, 9.17) is 10.00 Å². The summed E-state index contributed by atoms with van der Waals surface area (Å²) in [5.41, 5.74) is 1.96. The Labute approximate surface area is 212 Å². The molecule has 1 unspecified atom stereocenters. The van der Waals surface area contributed by atoms with Crippen molar-refractivity contribution >= 4 is 15.7 Å². The summed E-state index contributed by atoms with van der Waals surface area (Å²) in [5, 5.41) is 28.0. The van der Waals surface area contributed by atoms with Gasteiger partial charge in [-0.1, -0.05) is 20.8 Å². The molecule has 192 valence electrons. The number of pyridine rings is 1. The smallest absolute Gasteiger partial charge is 0.262 e. The van der Waals surface area contributed by atoms with E-state index < -0.39 is 16.3 Å². The SMILES string of the molecule is COCc1ncccc1-c1nn(C)c(C(O)N[C@@H](C)C(C)(C)C)c1NS(=O)(=O)c1ccc(C#N)cc1. The van der Waals surface area contributed by atoms with Crippen LogP contribution in [-0.4, -0.2) is 41.4 Å². The quantitative estimate of drug-likeness (QED) is 0.371. The van der Waals surface area contributed by atoms with Gasteiger partial charge in [-0.2, -0.15) is 10.4 Å². The highest BCUT2D eigenvalue weighted by molar-refractivity contribution is 7.92. The van der Waals surface area contributed by atoms with Crippen LogP contribution in [0.25, 0.3) is 11.3 Å². The van der Waals surface area contributed by atoms with Gasteiger partial charge in [0, 0.05) is 32.0 Å². The molecule has 36 heavy (non-hydrogen) atoms. The number of aliphatic hydroxyl groups excluding tert-OH is 1. The molecule has 1 aromatic carbocycles. The number of aliphatic hydroxyl groups is 1. The van der Waals surface area contributed by atoms with Gasteiger partial charge >= 0.3 is 0 Å². The van der Waals surface area contributed by atoms with Crippen LogP contribution in [0.15, 0.2) is 47.5 Å². The average Bonchev–Trinajstić information content (AvgIpc) is 3.13. The first-order valence-corrected chi connectivity index (χ1v) is 12.8. The summed E-state index contributed by atoms with van der Waals surface area (Å²) in [6.45, 7) is 8.23. The van der Waals surface area contributed by atoms with Crippen LogP contribution >= 0.6 is 0 Å². The fourth-order valence-electron chi connectivity index (χ4n) is 3.51. The Balaban J connectivity index is 2.17. The summed E-state index contributed by atoms with van der Waals surface area (Å²) in [5.74, 6) is 0. The zero-order valence-corrected chi connectivity index (χ0v) is 22.1. The predicted octanol–water partition coefficient (Wildman–Crippen LogP) is 3.32. The second-order valence-corrected chi connectivity index (χ2v) is 11.2. The number of hydrogen-bond acceptors (Lipinski definition) is 8. The minimum absolute atomic E-state index is 0.0314. The number of aryl methyl sites for hydroxylation is 1. The number of ether oxygens (including phenoxy) is 1. The van der Waals surface area contributed by atoms with Crippen molar-refractivity contribution in [3.8, 4) is 17.3 Å². The zero-order chi connectivity index (χ0) is 26.7. The van der Waals surface area contributed by atoms with Crippen LogP contribution in [0.4, 0.5) is 5.69 Å². The maximum Gasteiger partial charge on any atom is 0.262 e. The minimum atomic E-state index is -4.10. The number of nitriles is 1. The number of hydrogen-bond donors (Lipinski definition) is 3. The third-order valence-corrected chi connectivity index (χ3v) is 7.38. The van der Waals surface area contributed by atoms with Crippen LogP contribution in [-0.2, 0) is 28.4 Å². The number of nitrogens with one attached hydrogen (secondary N) is 2. The summed E-state index contributed by atoms with van der Waals surface area (Å²) in [6.07, 6.45) is 0.385. The lowest BCUT2D eigenvalue weighted by molar-refractivity contribution is 0.0931. The molecule has 10 nitrogen and oxygen atoms in total. The number of rotatable bonds is 9. The van der Waals surface area contributed by atoms with Gasteiger partial charge in [0.2, 0.25) is 0 Å². The largest absolute Gasteiger partial charge is 0.378 e. The summed E-state index contributed by atoms with van der Waals surface area (Å²) in [6, 6.07) is 10.9. The Kier molecular flexibility index (Phi) is 8.15. The summed E-state index contributed by atoms with van der Waals surface area (Å²) in [7, 11) is -0.920. The predicted molar refractivity (Wildman–Crippen MR) is 136 cm³/mol. The van der Waals surface area contributed by atoms with Gasteiger partial charge in [0.1, 0.15) is 23.3 Å². The number of benzene rings is 1. The van der Waals surface area contributed by atoms with Crippen LogP contribution in [0.3, 0.4) is 0 Å². The first-order chi connectivity index (χ1) is 16.9. The zero-order valence-electron chi connectivity index (χ0n) is 21.3. The van der Waals surface area contributed by atoms with Gasteiger partial charge in [-0.05, 0) is 48.7 Å². The Morgan fingerprint density at radius 2 is 1.89 bits per heavy atom. The van der Waals surface area contributed by atoms with Gasteiger partial charge < -0.3 is 9.84 Å². The molecule has 0 aliphatic heterocycles. The third kappa shape index (κ3) is 5.91. The van der Waals surface area contributed by atoms with Crippen LogP contribution in [0, 0.1) is 16.7 Å². The Hall–Kier alpha value is -3.30. The second-order valence-electron chi connectivity index (χ2n) is 9.56. The van der Waals surface area contributed by atoms with Gasteiger partial charge in [0.25, 0.3) is 10.0 Å². The molecule has 0 bridgehead atoms. The van der Waals surface area contributed by atoms with Gasteiger partial charge in [0.05, 0.1) is 28.8 Å². The van der Waals surface area contributed by atoms with Crippen LogP contribution in [0.5, 0.6) is 0 Å². The highest BCUT2D eigenvalue weighted by atomic mass is 32.2. The van der Waals surface area contributed by atoms with E-state index in [9.17, 15) is 13.5 Å². The van der Waals surface area contributed by atoms with E-state index in [0.29, 0.717) is 22.5 Å². The Morgan fingerprint density at radius 1 is 1.22 bits per heavy atom. The van der Waals surface area contributed by atoms with E-state index in [1.165, 1.54) is 28.9 Å². The van der Waals surface area contributed by atoms with Crippen LogP contribution in [0.2, 0.25) is 0 Å². The first-order valence-electron chi connectivity index (χ1n) is 11.4. The molecule has 2 heterocycles.